The number of amides is 1. The molecule has 5 nitrogen and oxygen atoms in total. The Kier molecular flexibility index (Phi) is 3.29. The molecule has 1 aliphatic rings. The molecule has 1 aromatic carbocycles. The second-order valence-electron chi connectivity index (χ2n) is 5.80. The highest BCUT2D eigenvalue weighted by Gasteiger charge is 2.23. The van der Waals surface area contributed by atoms with Crippen molar-refractivity contribution in [1.82, 2.24) is 19.9 Å². The molecule has 1 aliphatic carbocycles. The highest BCUT2D eigenvalue weighted by Crippen LogP contribution is 2.27. The summed E-state index contributed by atoms with van der Waals surface area (Å²) in [5.41, 5.74) is 1.74. The Morgan fingerprint density at radius 1 is 1.22 bits per heavy atom. The third kappa shape index (κ3) is 2.67. The van der Waals surface area contributed by atoms with E-state index in [9.17, 15) is 9.18 Å². The zero-order chi connectivity index (χ0) is 15.8. The van der Waals surface area contributed by atoms with E-state index in [1.165, 1.54) is 25.0 Å². The number of rotatable bonds is 4. The van der Waals surface area contributed by atoms with Crippen molar-refractivity contribution in [3.05, 3.63) is 54.0 Å². The SMILES string of the molecule is O=C(NCC1CC1)c1cccn2c(-c3ccc(F)cc3)nnc12. The number of nitrogens with zero attached hydrogens (tertiary/aromatic N) is 3. The maximum absolute atomic E-state index is 13.1. The monoisotopic (exact) mass is 310 g/mol. The number of pyridine rings is 1. The number of carbonyl (C=O) groups is 1. The van der Waals surface area contributed by atoms with Gasteiger partial charge >= 0.3 is 0 Å². The zero-order valence-electron chi connectivity index (χ0n) is 12.4. The molecule has 6 heteroatoms. The summed E-state index contributed by atoms with van der Waals surface area (Å²) in [5, 5.41) is 11.2. The van der Waals surface area contributed by atoms with Crippen LogP contribution in [0.25, 0.3) is 17.0 Å². The third-order valence-electron chi connectivity index (χ3n) is 4.03. The molecule has 0 bridgehead atoms. The summed E-state index contributed by atoms with van der Waals surface area (Å²) in [5.74, 6) is 0.756. The molecule has 1 amide bonds. The molecule has 0 unspecified atom stereocenters. The van der Waals surface area contributed by atoms with E-state index in [1.54, 1.807) is 34.9 Å². The predicted octanol–water partition coefficient (Wildman–Crippen LogP) is 2.68. The Hall–Kier alpha value is -2.76. The van der Waals surface area contributed by atoms with Crippen molar-refractivity contribution in [3.63, 3.8) is 0 Å². The Labute approximate surface area is 132 Å². The first-order valence-corrected chi connectivity index (χ1v) is 7.60. The molecule has 0 saturated heterocycles. The van der Waals surface area contributed by atoms with Crippen molar-refractivity contribution >= 4 is 11.6 Å². The van der Waals surface area contributed by atoms with Crippen LogP contribution in [0.2, 0.25) is 0 Å². The molecule has 1 saturated carbocycles. The van der Waals surface area contributed by atoms with E-state index in [4.69, 9.17) is 0 Å². The summed E-state index contributed by atoms with van der Waals surface area (Å²) in [6, 6.07) is 9.57. The van der Waals surface area contributed by atoms with Crippen LogP contribution >= 0.6 is 0 Å². The summed E-state index contributed by atoms with van der Waals surface area (Å²) in [6.07, 6.45) is 4.17. The van der Waals surface area contributed by atoms with Crippen molar-refractivity contribution in [2.75, 3.05) is 6.54 Å². The van der Waals surface area contributed by atoms with Crippen LogP contribution in [0.4, 0.5) is 4.39 Å². The van der Waals surface area contributed by atoms with Gasteiger partial charge in [-0.2, -0.15) is 0 Å². The number of benzene rings is 1. The van der Waals surface area contributed by atoms with Crippen LogP contribution in [-0.4, -0.2) is 27.0 Å². The van der Waals surface area contributed by atoms with E-state index in [0.29, 0.717) is 29.5 Å². The Morgan fingerprint density at radius 3 is 2.74 bits per heavy atom. The van der Waals surface area contributed by atoms with Gasteiger partial charge in [-0.1, -0.05) is 0 Å². The molecule has 3 aromatic rings. The molecule has 2 heterocycles. The quantitative estimate of drug-likeness (QED) is 0.806. The van der Waals surface area contributed by atoms with E-state index in [0.717, 1.165) is 5.56 Å². The van der Waals surface area contributed by atoms with Crippen molar-refractivity contribution in [2.45, 2.75) is 12.8 Å². The van der Waals surface area contributed by atoms with Crippen LogP contribution in [-0.2, 0) is 0 Å². The number of fused-ring (bicyclic) bond motifs is 1. The third-order valence-corrected chi connectivity index (χ3v) is 4.03. The van der Waals surface area contributed by atoms with Crippen LogP contribution in [0.3, 0.4) is 0 Å². The van der Waals surface area contributed by atoms with Crippen LogP contribution in [0.15, 0.2) is 42.6 Å². The number of nitrogens with one attached hydrogen (secondary N) is 1. The van der Waals surface area contributed by atoms with E-state index in [2.05, 4.69) is 15.5 Å². The minimum Gasteiger partial charge on any atom is -0.352 e. The van der Waals surface area contributed by atoms with Gasteiger partial charge in [0.15, 0.2) is 11.5 Å². The Balaban J connectivity index is 1.70. The molecule has 0 radical (unpaired) electrons. The van der Waals surface area contributed by atoms with Gasteiger partial charge in [-0.15, -0.1) is 10.2 Å². The minimum atomic E-state index is -0.303. The lowest BCUT2D eigenvalue weighted by Gasteiger charge is -2.06. The normalized spacial score (nSPS) is 14.1. The highest BCUT2D eigenvalue weighted by atomic mass is 19.1. The van der Waals surface area contributed by atoms with Crippen LogP contribution in [0.1, 0.15) is 23.2 Å². The average molecular weight is 310 g/mol. The lowest BCUT2D eigenvalue weighted by molar-refractivity contribution is 0.0953. The second-order valence-corrected chi connectivity index (χ2v) is 5.80. The first-order valence-electron chi connectivity index (χ1n) is 7.60. The standard InChI is InChI=1S/C17H15FN4O/c18-13-7-5-12(6-8-13)15-20-21-16-14(2-1-9-22(15)16)17(23)19-10-11-3-4-11/h1-2,5-9,11H,3-4,10H2,(H,19,23). The van der Waals surface area contributed by atoms with Gasteiger partial charge in [0.25, 0.3) is 5.91 Å². The van der Waals surface area contributed by atoms with Crippen LogP contribution in [0, 0.1) is 11.7 Å². The number of halogens is 1. The molecular weight excluding hydrogens is 295 g/mol. The first kappa shape index (κ1) is 13.9. The minimum absolute atomic E-state index is 0.138. The number of hydrogen-bond acceptors (Lipinski definition) is 3. The fourth-order valence-corrected chi connectivity index (χ4v) is 2.54. The Bertz CT molecular complexity index is 868. The maximum atomic E-state index is 13.1. The second kappa shape index (κ2) is 5.46. The van der Waals surface area contributed by atoms with Crippen molar-refractivity contribution in [2.24, 2.45) is 5.92 Å². The smallest absolute Gasteiger partial charge is 0.255 e. The zero-order valence-corrected chi connectivity index (χ0v) is 12.4. The molecule has 1 N–H and O–H groups in total. The average Bonchev–Trinajstić information content (AvgIpc) is 3.30. The topological polar surface area (TPSA) is 59.3 Å². The number of aromatic nitrogens is 3. The van der Waals surface area contributed by atoms with Gasteiger partial charge in [0.05, 0.1) is 5.56 Å². The van der Waals surface area contributed by atoms with Crippen molar-refractivity contribution in [3.8, 4) is 11.4 Å². The lowest BCUT2D eigenvalue weighted by atomic mass is 10.2. The number of hydrogen-bond donors (Lipinski definition) is 1. The van der Waals surface area contributed by atoms with Gasteiger partial charge in [-0.3, -0.25) is 9.20 Å². The lowest BCUT2D eigenvalue weighted by Crippen LogP contribution is -2.26. The summed E-state index contributed by atoms with van der Waals surface area (Å²) < 4.78 is 14.8. The predicted molar refractivity (Wildman–Crippen MR) is 83.4 cm³/mol. The van der Waals surface area contributed by atoms with Gasteiger partial charge in [-0.25, -0.2) is 4.39 Å². The largest absolute Gasteiger partial charge is 0.352 e. The molecule has 0 atom stereocenters. The van der Waals surface area contributed by atoms with Gasteiger partial charge in [-0.05, 0) is 55.2 Å². The molecule has 0 aliphatic heterocycles. The molecule has 4 rings (SSSR count). The molecule has 2 aromatic heterocycles. The summed E-state index contributed by atoms with van der Waals surface area (Å²) in [6.45, 7) is 0.707. The van der Waals surface area contributed by atoms with Gasteiger partial charge in [0.2, 0.25) is 0 Å². The fraction of sp³-hybridized carbons (Fsp3) is 0.235. The number of carbonyl (C=O) groups excluding carboxylic acids is 1. The summed E-state index contributed by atoms with van der Waals surface area (Å²) in [4.78, 5) is 12.3. The van der Waals surface area contributed by atoms with E-state index in [1.807, 2.05) is 0 Å². The van der Waals surface area contributed by atoms with Gasteiger partial charge in [0, 0.05) is 18.3 Å². The molecule has 0 spiro atoms. The summed E-state index contributed by atoms with van der Waals surface area (Å²) >= 11 is 0. The van der Waals surface area contributed by atoms with E-state index in [-0.39, 0.29) is 11.7 Å². The molecule has 116 valence electrons. The first-order chi connectivity index (χ1) is 11.2. The van der Waals surface area contributed by atoms with E-state index >= 15 is 0 Å². The van der Waals surface area contributed by atoms with E-state index < -0.39 is 0 Å². The van der Waals surface area contributed by atoms with Crippen LogP contribution < -0.4 is 5.32 Å². The van der Waals surface area contributed by atoms with Gasteiger partial charge < -0.3 is 5.32 Å². The summed E-state index contributed by atoms with van der Waals surface area (Å²) in [7, 11) is 0. The molecule has 23 heavy (non-hydrogen) atoms. The van der Waals surface area contributed by atoms with Crippen LogP contribution in [0.5, 0.6) is 0 Å². The Morgan fingerprint density at radius 2 is 2.00 bits per heavy atom. The highest BCUT2D eigenvalue weighted by molar-refractivity contribution is 6.00. The van der Waals surface area contributed by atoms with Crippen molar-refractivity contribution < 1.29 is 9.18 Å². The molecular formula is C17H15FN4O. The van der Waals surface area contributed by atoms with Crippen molar-refractivity contribution in [1.29, 1.82) is 0 Å². The van der Waals surface area contributed by atoms with Gasteiger partial charge in [0.1, 0.15) is 5.82 Å². The molecule has 1 fully saturated rings. The maximum Gasteiger partial charge on any atom is 0.255 e. The fourth-order valence-electron chi connectivity index (χ4n) is 2.54.